The SMILES string of the molecule is CC(C)[C@H](NC(=O)[C@H](Cc1cn(C)c2ccccc12)NC(=O)[C@H](CC(=O)O)NC(=O)OCc1ccccc1)C(=O)N[C@H](/C=C/S(C)(=O)=O)CC(=O)O. The van der Waals surface area contributed by atoms with E-state index < -0.39 is 88.5 Å². The number of aromatic nitrogens is 1. The second-order valence-electron chi connectivity index (χ2n) is 12.5. The van der Waals surface area contributed by atoms with Crippen LogP contribution in [-0.4, -0.2) is 89.4 Å². The Hall–Kier alpha value is -5.71. The molecule has 52 heavy (non-hydrogen) atoms. The van der Waals surface area contributed by atoms with E-state index >= 15 is 0 Å². The molecular weight excluding hydrogens is 698 g/mol. The topological polar surface area (TPSA) is 239 Å². The van der Waals surface area contributed by atoms with Gasteiger partial charge in [0.05, 0.1) is 18.9 Å². The number of hydrogen-bond donors (Lipinski definition) is 6. The second-order valence-corrected chi connectivity index (χ2v) is 14.4. The number of alkyl carbamates (subject to hydrolysis) is 1. The molecule has 0 spiro atoms. The van der Waals surface area contributed by atoms with Crippen molar-refractivity contribution < 1.29 is 52.1 Å². The average molecular weight is 742 g/mol. The zero-order valence-corrected chi connectivity index (χ0v) is 29.9. The summed E-state index contributed by atoms with van der Waals surface area (Å²) in [4.78, 5) is 76.7. The number of nitrogens with zero attached hydrogens (tertiary/aromatic N) is 1. The van der Waals surface area contributed by atoms with Crippen LogP contribution in [0.1, 0.15) is 37.8 Å². The van der Waals surface area contributed by atoms with Gasteiger partial charge in [-0.3, -0.25) is 24.0 Å². The molecule has 280 valence electrons. The van der Waals surface area contributed by atoms with Crippen LogP contribution >= 0.6 is 0 Å². The summed E-state index contributed by atoms with van der Waals surface area (Å²) in [6.45, 7) is 3.06. The molecule has 0 aliphatic carbocycles. The quantitative estimate of drug-likeness (QED) is 0.110. The van der Waals surface area contributed by atoms with Gasteiger partial charge < -0.3 is 40.8 Å². The second kappa shape index (κ2) is 18.5. The Labute approximate surface area is 300 Å². The Balaban J connectivity index is 1.89. The lowest BCUT2D eigenvalue weighted by Gasteiger charge is -2.27. The zero-order valence-electron chi connectivity index (χ0n) is 29.1. The molecule has 0 saturated heterocycles. The molecule has 1 aromatic heterocycles. The number of carboxylic acid groups (broad SMARTS) is 2. The van der Waals surface area contributed by atoms with E-state index in [9.17, 15) is 47.4 Å². The Bertz CT molecular complexity index is 1910. The van der Waals surface area contributed by atoms with Gasteiger partial charge >= 0.3 is 18.0 Å². The zero-order chi connectivity index (χ0) is 38.6. The molecule has 4 atom stereocenters. The van der Waals surface area contributed by atoms with Crippen molar-refractivity contribution in [2.75, 3.05) is 6.26 Å². The summed E-state index contributed by atoms with van der Waals surface area (Å²) in [7, 11) is -1.87. The van der Waals surface area contributed by atoms with E-state index in [1.165, 1.54) is 0 Å². The van der Waals surface area contributed by atoms with Crippen LogP contribution in [0.2, 0.25) is 0 Å². The fraction of sp³-hybridized carbons (Fsp3) is 0.371. The van der Waals surface area contributed by atoms with Crippen LogP contribution in [0.25, 0.3) is 10.9 Å². The van der Waals surface area contributed by atoms with Crippen LogP contribution < -0.4 is 21.3 Å². The maximum atomic E-state index is 14.0. The number of benzene rings is 2. The van der Waals surface area contributed by atoms with Gasteiger partial charge in [0.1, 0.15) is 24.7 Å². The first kappa shape index (κ1) is 40.7. The molecule has 0 saturated carbocycles. The van der Waals surface area contributed by atoms with Gasteiger partial charge in [-0.25, -0.2) is 13.2 Å². The molecule has 0 radical (unpaired) electrons. The molecule has 3 aromatic rings. The standard InChI is InChI=1S/C35H43N5O11S/c1-21(2)31(34(47)36-24(17-29(41)42)14-15-52(4,49)50)39-33(46)26(16-23-19-40(3)28-13-9-8-12-25(23)28)37-32(45)27(18-30(43)44)38-35(48)51-20-22-10-6-5-7-11-22/h5-15,19,21,24,26-27,31H,16-18,20H2,1-4H3,(H,36,47)(H,37,45)(H,38,48)(H,39,46)(H,41,42)(H,43,44)/b15-14+/t24-,26+,27+,31+/m1/s1. The summed E-state index contributed by atoms with van der Waals surface area (Å²) in [6.07, 6.45) is 0.974. The van der Waals surface area contributed by atoms with Gasteiger partial charge in [-0.15, -0.1) is 0 Å². The van der Waals surface area contributed by atoms with Crippen molar-refractivity contribution >= 4 is 56.5 Å². The summed E-state index contributed by atoms with van der Waals surface area (Å²) in [5.74, 6) is -6.01. The number of ether oxygens (including phenoxy) is 1. The fourth-order valence-corrected chi connectivity index (χ4v) is 5.71. The largest absolute Gasteiger partial charge is 0.481 e. The van der Waals surface area contributed by atoms with Crippen LogP contribution in [-0.2, 0) is 58.6 Å². The normalized spacial score (nSPS) is 13.9. The Kier molecular flexibility index (Phi) is 14.5. The Morgan fingerprint density at radius 2 is 1.42 bits per heavy atom. The third-order valence-electron chi connectivity index (χ3n) is 7.76. The molecule has 17 heteroatoms. The summed E-state index contributed by atoms with van der Waals surface area (Å²) in [5, 5.41) is 30.2. The number of amides is 4. The number of hydrogen-bond acceptors (Lipinski definition) is 9. The van der Waals surface area contributed by atoms with Crippen molar-refractivity contribution in [3.8, 4) is 0 Å². The van der Waals surface area contributed by atoms with E-state index in [2.05, 4.69) is 21.3 Å². The van der Waals surface area contributed by atoms with Gasteiger partial charge in [-0.2, -0.15) is 0 Å². The van der Waals surface area contributed by atoms with Crippen molar-refractivity contribution in [3.05, 3.63) is 83.4 Å². The number of carbonyl (C=O) groups is 6. The number of aryl methyl sites for hydroxylation is 1. The minimum Gasteiger partial charge on any atom is -0.481 e. The summed E-state index contributed by atoms with van der Waals surface area (Å²) in [5.41, 5.74) is 2.09. The molecule has 2 aromatic carbocycles. The number of aliphatic carboxylic acids is 2. The Morgan fingerprint density at radius 1 is 0.808 bits per heavy atom. The predicted molar refractivity (Wildman–Crippen MR) is 189 cm³/mol. The van der Waals surface area contributed by atoms with E-state index in [-0.39, 0.29) is 13.0 Å². The monoisotopic (exact) mass is 741 g/mol. The van der Waals surface area contributed by atoms with Crippen molar-refractivity contribution in [2.45, 2.75) is 63.9 Å². The lowest BCUT2D eigenvalue weighted by Crippen LogP contribution is -2.59. The summed E-state index contributed by atoms with van der Waals surface area (Å²) in [6, 6.07) is 10.3. The maximum absolute atomic E-state index is 14.0. The van der Waals surface area contributed by atoms with E-state index in [1.54, 1.807) is 63.5 Å². The van der Waals surface area contributed by atoms with Gasteiger partial charge in [0.15, 0.2) is 9.84 Å². The predicted octanol–water partition coefficient (Wildman–Crippen LogP) is 1.63. The highest BCUT2D eigenvalue weighted by Gasteiger charge is 2.33. The van der Waals surface area contributed by atoms with Gasteiger partial charge in [0, 0.05) is 42.2 Å². The van der Waals surface area contributed by atoms with Crippen LogP contribution in [0.4, 0.5) is 4.79 Å². The maximum Gasteiger partial charge on any atom is 0.408 e. The van der Waals surface area contributed by atoms with E-state index in [4.69, 9.17) is 4.74 Å². The lowest BCUT2D eigenvalue weighted by atomic mass is 10.00. The average Bonchev–Trinajstić information content (AvgIpc) is 3.38. The van der Waals surface area contributed by atoms with E-state index in [0.29, 0.717) is 11.1 Å². The minimum absolute atomic E-state index is 0.123. The number of fused-ring (bicyclic) bond motifs is 1. The van der Waals surface area contributed by atoms with Crippen LogP contribution in [0.5, 0.6) is 0 Å². The number of carboxylic acids is 2. The van der Waals surface area contributed by atoms with Crippen LogP contribution in [0.15, 0.2) is 72.3 Å². The molecule has 4 amide bonds. The molecule has 0 aliphatic rings. The molecule has 0 aliphatic heterocycles. The van der Waals surface area contributed by atoms with E-state index in [1.807, 2.05) is 22.8 Å². The van der Waals surface area contributed by atoms with Crippen LogP contribution in [0, 0.1) is 5.92 Å². The molecule has 0 unspecified atom stereocenters. The van der Waals surface area contributed by atoms with Crippen molar-refractivity contribution in [2.24, 2.45) is 13.0 Å². The van der Waals surface area contributed by atoms with Gasteiger partial charge in [-0.1, -0.05) is 68.5 Å². The molecule has 1 heterocycles. The minimum atomic E-state index is -3.66. The summed E-state index contributed by atoms with van der Waals surface area (Å²) >= 11 is 0. The van der Waals surface area contributed by atoms with Crippen molar-refractivity contribution in [1.82, 2.24) is 25.8 Å². The van der Waals surface area contributed by atoms with Crippen molar-refractivity contribution in [1.29, 1.82) is 0 Å². The molecule has 3 rings (SSSR count). The first-order chi connectivity index (χ1) is 24.4. The molecule has 0 bridgehead atoms. The first-order valence-corrected chi connectivity index (χ1v) is 18.1. The Morgan fingerprint density at radius 3 is 2.04 bits per heavy atom. The third-order valence-corrected chi connectivity index (χ3v) is 8.42. The van der Waals surface area contributed by atoms with E-state index in [0.717, 1.165) is 28.6 Å². The lowest BCUT2D eigenvalue weighted by molar-refractivity contribution is -0.140. The molecule has 0 fully saturated rings. The number of nitrogens with one attached hydrogen (secondary N) is 4. The van der Waals surface area contributed by atoms with Crippen LogP contribution in [0.3, 0.4) is 0 Å². The highest BCUT2D eigenvalue weighted by molar-refractivity contribution is 7.93. The number of sulfone groups is 1. The van der Waals surface area contributed by atoms with Gasteiger partial charge in [-0.05, 0) is 23.1 Å². The van der Waals surface area contributed by atoms with Crippen molar-refractivity contribution in [3.63, 3.8) is 0 Å². The third kappa shape index (κ3) is 12.9. The smallest absolute Gasteiger partial charge is 0.408 e. The highest BCUT2D eigenvalue weighted by atomic mass is 32.2. The number of carbonyl (C=O) groups excluding carboxylic acids is 4. The van der Waals surface area contributed by atoms with Gasteiger partial charge in [0.2, 0.25) is 17.7 Å². The van der Waals surface area contributed by atoms with Gasteiger partial charge in [0.25, 0.3) is 0 Å². The summed E-state index contributed by atoms with van der Waals surface area (Å²) < 4.78 is 30.3. The fourth-order valence-electron chi connectivity index (χ4n) is 5.23. The molecular formula is C35H43N5O11S. The number of para-hydroxylation sites is 1. The first-order valence-electron chi connectivity index (χ1n) is 16.2. The number of rotatable bonds is 18. The highest BCUT2D eigenvalue weighted by Crippen LogP contribution is 2.22. The molecule has 16 nitrogen and oxygen atoms in total. The molecule has 6 N–H and O–H groups in total.